The summed E-state index contributed by atoms with van der Waals surface area (Å²) in [6, 6.07) is 7.62. The van der Waals surface area contributed by atoms with E-state index >= 15 is 0 Å². The number of Topliss-reactive ketones (excluding diaryl/α,β-unsaturated/α-hetero) is 1. The molecule has 3 nitrogen and oxygen atoms in total. The van der Waals surface area contributed by atoms with Crippen LogP contribution in [0.15, 0.2) is 29.2 Å². The summed E-state index contributed by atoms with van der Waals surface area (Å²) in [6.45, 7) is 7.56. The standard InChI is InChI=1S/C16H23NO2S/c1-5-7-11(2)17-16(19)13(4)20-15-9-6-8-14(10-15)12(3)18/h6,8-11,13H,5,7H2,1-4H3,(H,17,19). The van der Waals surface area contributed by atoms with Gasteiger partial charge in [-0.1, -0.05) is 25.5 Å². The molecule has 1 aromatic rings. The SMILES string of the molecule is CCCC(C)NC(=O)C(C)Sc1cccc(C(C)=O)c1. The predicted molar refractivity (Wildman–Crippen MR) is 84.3 cm³/mol. The molecule has 0 bridgehead atoms. The second-order valence-electron chi connectivity index (χ2n) is 5.04. The third kappa shape index (κ3) is 5.37. The monoisotopic (exact) mass is 293 g/mol. The van der Waals surface area contributed by atoms with Gasteiger partial charge in [-0.05, 0) is 39.3 Å². The van der Waals surface area contributed by atoms with Crippen LogP contribution in [0.4, 0.5) is 0 Å². The van der Waals surface area contributed by atoms with Crippen LogP contribution in [0.3, 0.4) is 0 Å². The number of carbonyl (C=O) groups is 2. The van der Waals surface area contributed by atoms with Crippen molar-refractivity contribution in [2.45, 2.75) is 56.7 Å². The molecule has 1 rings (SSSR count). The summed E-state index contributed by atoms with van der Waals surface area (Å²) < 4.78 is 0. The van der Waals surface area contributed by atoms with E-state index in [4.69, 9.17) is 0 Å². The van der Waals surface area contributed by atoms with Crippen LogP contribution in [-0.2, 0) is 4.79 Å². The minimum absolute atomic E-state index is 0.0427. The Morgan fingerprint density at radius 2 is 2.00 bits per heavy atom. The Hall–Kier alpha value is -1.29. The number of nitrogens with one attached hydrogen (secondary N) is 1. The van der Waals surface area contributed by atoms with Gasteiger partial charge in [0.15, 0.2) is 5.78 Å². The van der Waals surface area contributed by atoms with Crippen molar-refractivity contribution in [1.29, 1.82) is 0 Å². The Labute approximate surface area is 125 Å². The van der Waals surface area contributed by atoms with Crippen molar-refractivity contribution in [2.24, 2.45) is 0 Å². The van der Waals surface area contributed by atoms with E-state index in [0.29, 0.717) is 5.56 Å². The molecule has 0 fully saturated rings. The van der Waals surface area contributed by atoms with Gasteiger partial charge in [0.05, 0.1) is 5.25 Å². The van der Waals surface area contributed by atoms with Crippen LogP contribution in [0.5, 0.6) is 0 Å². The maximum atomic E-state index is 12.1. The fourth-order valence-electron chi connectivity index (χ4n) is 1.91. The first-order valence-corrected chi connectivity index (χ1v) is 7.90. The molecule has 0 spiro atoms. The normalized spacial score (nSPS) is 13.6. The first kappa shape index (κ1) is 16.8. The fraction of sp³-hybridized carbons (Fsp3) is 0.500. The topological polar surface area (TPSA) is 46.2 Å². The van der Waals surface area contributed by atoms with Crippen molar-refractivity contribution in [1.82, 2.24) is 5.32 Å². The van der Waals surface area contributed by atoms with E-state index in [1.54, 1.807) is 13.0 Å². The molecule has 1 aromatic carbocycles. The van der Waals surface area contributed by atoms with Gasteiger partial charge in [0.1, 0.15) is 0 Å². The second-order valence-corrected chi connectivity index (χ2v) is 6.46. The zero-order chi connectivity index (χ0) is 15.1. The first-order chi connectivity index (χ1) is 9.43. The summed E-state index contributed by atoms with van der Waals surface area (Å²) in [6.07, 6.45) is 2.05. The number of thioether (sulfide) groups is 1. The van der Waals surface area contributed by atoms with E-state index in [9.17, 15) is 9.59 Å². The summed E-state index contributed by atoms with van der Waals surface area (Å²) in [5.41, 5.74) is 0.682. The lowest BCUT2D eigenvalue weighted by Gasteiger charge is -2.17. The Morgan fingerprint density at radius 1 is 1.30 bits per heavy atom. The molecule has 0 radical (unpaired) electrons. The highest BCUT2D eigenvalue weighted by Gasteiger charge is 2.16. The Bertz CT molecular complexity index is 473. The molecule has 4 heteroatoms. The predicted octanol–water partition coefficient (Wildman–Crippen LogP) is 3.67. The molecule has 1 amide bonds. The van der Waals surface area contributed by atoms with Crippen molar-refractivity contribution in [3.63, 3.8) is 0 Å². The lowest BCUT2D eigenvalue weighted by Crippen LogP contribution is -2.37. The third-order valence-corrected chi connectivity index (χ3v) is 4.13. The van der Waals surface area contributed by atoms with Gasteiger partial charge in [0.2, 0.25) is 5.91 Å². The lowest BCUT2D eigenvalue weighted by atomic mass is 10.2. The van der Waals surface area contributed by atoms with Crippen molar-refractivity contribution < 1.29 is 9.59 Å². The van der Waals surface area contributed by atoms with E-state index < -0.39 is 0 Å². The minimum Gasteiger partial charge on any atom is -0.353 e. The summed E-state index contributed by atoms with van der Waals surface area (Å²) in [7, 11) is 0. The van der Waals surface area contributed by atoms with Gasteiger partial charge < -0.3 is 5.32 Å². The number of benzene rings is 1. The van der Waals surface area contributed by atoms with Crippen LogP contribution in [-0.4, -0.2) is 23.0 Å². The molecular formula is C16H23NO2S. The van der Waals surface area contributed by atoms with E-state index in [-0.39, 0.29) is 23.0 Å². The Balaban J connectivity index is 2.61. The quantitative estimate of drug-likeness (QED) is 0.616. The fourth-order valence-corrected chi connectivity index (χ4v) is 2.85. The smallest absolute Gasteiger partial charge is 0.233 e. The van der Waals surface area contributed by atoms with Gasteiger partial charge in [-0.15, -0.1) is 11.8 Å². The van der Waals surface area contributed by atoms with Crippen molar-refractivity contribution in [2.75, 3.05) is 0 Å². The molecule has 0 aliphatic rings. The summed E-state index contributed by atoms with van der Waals surface area (Å²) >= 11 is 1.48. The van der Waals surface area contributed by atoms with Gasteiger partial charge in [0.25, 0.3) is 0 Å². The van der Waals surface area contributed by atoms with Gasteiger partial charge in [-0.2, -0.15) is 0 Å². The number of carbonyl (C=O) groups excluding carboxylic acids is 2. The van der Waals surface area contributed by atoms with Crippen LogP contribution in [0.2, 0.25) is 0 Å². The molecule has 0 saturated carbocycles. The number of ketones is 1. The molecule has 1 N–H and O–H groups in total. The zero-order valence-corrected chi connectivity index (χ0v) is 13.4. The largest absolute Gasteiger partial charge is 0.353 e. The highest BCUT2D eigenvalue weighted by Crippen LogP contribution is 2.24. The average Bonchev–Trinajstić information content (AvgIpc) is 2.39. The van der Waals surface area contributed by atoms with E-state index in [1.807, 2.05) is 32.0 Å². The first-order valence-electron chi connectivity index (χ1n) is 7.02. The van der Waals surface area contributed by atoms with Gasteiger partial charge in [-0.3, -0.25) is 9.59 Å². The molecule has 20 heavy (non-hydrogen) atoms. The molecule has 0 aliphatic heterocycles. The minimum atomic E-state index is -0.170. The number of rotatable bonds is 7. The van der Waals surface area contributed by atoms with E-state index in [0.717, 1.165) is 17.7 Å². The maximum Gasteiger partial charge on any atom is 0.233 e. The molecule has 0 saturated heterocycles. The summed E-state index contributed by atoms with van der Waals surface area (Å²) in [4.78, 5) is 24.3. The van der Waals surface area contributed by atoms with Gasteiger partial charge in [-0.25, -0.2) is 0 Å². The van der Waals surface area contributed by atoms with E-state index in [1.165, 1.54) is 11.8 Å². The molecule has 2 unspecified atom stereocenters. The number of hydrogen-bond donors (Lipinski definition) is 1. The molecule has 0 aromatic heterocycles. The van der Waals surface area contributed by atoms with Gasteiger partial charge >= 0.3 is 0 Å². The average molecular weight is 293 g/mol. The molecule has 2 atom stereocenters. The molecule has 0 heterocycles. The lowest BCUT2D eigenvalue weighted by molar-refractivity contribution is -0.120. The van der Waals surface area contributed by atoms with E-state index in [2.05, 4.69) is 12.2 Å². The van der Waals surface area contributed by atoms with Crippen molar-refractivity contribution in [3.05, 3.63) is 29.8 Å². The van der Waals surface area contributed by atoms with Crippen molar-refractivity contribution in [3.8, 4) is 0 Å². The number of amides is 1. The van der Waals surface area contributed by atoms with Crippen LogP contribution in [0.25, 0.3) is 0 Å². The van der Waals surface area contributed by atoms with Crippen LogP contribution < -0.4 is 5.32 Å². The number of hydrogen-bond acceptors (Lipinski definition) is 3. The highest BCUT2D eigenvalue weighted by molar-refractivity contribution is 8.00. The van der Waals surface area contributed by atoms with Crippen LogP contribution in [0, 0.1) is 0 Å². The van der Waals surface area contributed by atoms with Crippen molar-refractivity contribution >= 4 is 23.5 Å². The molecule has 110 valence electrons. The van der Waals surface area contributed by atoms with Crippen LogP contribution >= 0.6 is 11.8 Å². The summed E-state index contributed by atoms with van der Waals surface area (Å²) in [5, 5.41) is 2.84. The zero-order valence-electron chi connectivity index (χ0n) is 12.6. The second kappa shape index (κ2) is 8.10. The maximum absolute atomic E-state index is 12.1. The Kier molecular flexibility index (Phi) is 6.79. The third-order valence-electron chi connectivity index (χ3n) is 3.03. The summed E-state index contributed by atoms with van der Waals surface area (Å²) in [5.74, 6) is 0.0882. The molecular weight excluding hydrogens is 270 g/mol. The van der Waals surface area contributed by atoms with Crippen LogP contribution in [0.1, 0.15) is 50.9 Å². The molecule has 0 aliphatic carbocycles. The Morgan fingerprint density at radius 3 is 2.60 bits per heavy atom. The van der Waals surface area contributed by atoms with Gasteiger partial charge in [0, 0.05) is 16.5 Å². The highest BCUT2D eigenvalue weighted by atomic mass is 32.2.